The first kappa shape index (κ1) is 11.3. The van der Waals surface area contributed by atoms with Crippen molar-refractivity contribution in [3.63, 3.8) is 0 Å². The van der Waals surface area contributed by atoms with Crippen LogP contribution in [0.5, 0.6) is 0 Å². The molecular weight excluding hydrogens is 212 g/mol. The van der Waals surface area contributed by atoms with E-state index < -0.39 is 4.92 Å². The van der Waals surface area contributed by atoms with Crippen LogP contribution < -0.4 is 5.32 Å². The molecule has 0 atom stereocenters. The summed E-state index contributed by atoms with van der Waals surface area (Å²) in [7, 11) is 0. The smallest absolute Gasteiger partial charge is 0.269 e. The zero-order valence-electron chi connectivity index (χ0n) is 8.14. The molecule has 0 unspecified atom stereocenters. The number of benzene rings is 1. The van der Waals surface area contributed by atoms with Crippen molar-refractivity contribution in [1.29, 1.82) is 0 Å². The summed E-state index contributed by atoms with van der Waals surface area (Å²) in [5.41, 5.74) is 0.807. The lowest BCUT2D eigenvalue weighted by molar-refractivity contribution is -0.384. The number of nitrogens with zero attached hydrogens (tertiary/aromatic N) is 1. The minimum absolute atomic E-state index is 0.0671. The third kappa shape index (κ3) is 3.47. The van der Waals surface area contributed by atoms with Gasteiger partial charge in [-0.3, -0.25) is 10.1 Å². The van der Waals surface area contributed by atoms with Crippen LogP contribution in [-0.2, 0) is 0 Å². The molecule has 0 fully saturated rings. The molecule has 0 amide bonds. The quantitative estimate of drug-likeness (QED) is 0.370. The fraction of sp³-hybridized carbons (Fsp3) is 0.100. The van der Waals surface area contributed by atoms with Crippen LogP contribution in [0.25, 0.3) is 0 Å². The summed E-state index contributed by atoms with van der Waals surface area (Å²) in [6, 6.07) is 6.10. The molecule has 0 saturated carbocycles. The number of nitro groups is 1. The van der Waals surface area contributed by atoms with Gasteiger partial charge < -0.3 is 5.32 Å². The molecule has 0 aliphatic rings. The van der Waals surface area contributed by atoms with Gasteiger partial charge in [0.2, 0.25) is 0 Å². The van der Waals surface area contributed by atoms with E-state index in [0.29, 0.717) is 4.99 Å². The Hall–Kier alpha value is -1.75. The Morgan fingerprint density at radius 2 is 2.07 bits per heavy atom. The van der Waals surface area contributed by atoms with Gasteiger partial charge in [-0.25, -0.2) is 0 Å². The number of allylic oxidation sites excluding steroid dienone is 1. The van der Waals surface area contributed by atoms with Gasteiger partial charge in [-0.05, 0) is 25.1 Å². The summed E-state index contributed by atoms with van der Waals surface area (Å²) < 4.78 is 0. The van der Waals surface area contributed by atoms with Crippen LogP contribution >= 0.6 is 12.2 Å². The van der Waals surface area contributed by atoms with Crippen LogP contribution in [-0.4, -0.2) is 9.91 Å². The lowest BCUT2D eigenvalue weighted by Crippen LogP contribution is -2.04. The van der Waals surface area contributed by atoms with Gasteiger partial charge in [0.15, 0.2) is 0 Å². The van der Waals surface area contributed by atoms with Crippen molar-refractivity contribution < 1.29 is 4.92 Å². The number of hydrogen-bond donors (Lipinski definition) is 1. The highest BCUT2D eigenvalue weighted by molar-refractivity contribution is 7.81. The van der Waals surface area contributed by atoms with Gasteiger partial charge in [0.05, 0.1) is 4.92 Å². The van der Waals surface area contributed by atoms with Crippen molar-refractivity contribution in [3.05, 3.63) is 46.5 Å². The van der Waals surface area contributed by atoms with Gasteiger partial charge in [-0.15, -0.1) is 0 Å². The second kappa shape index (κ2) is 5.21. The van der Waals surface area contributed by atoms with Crippen molar-refractivity contribution in [3.8, 4) is 0 Å². The highest BCUT2D eigenvalue weighted by Crippen LogP contribution is 2.15. The van der Waals surface area contributed by atoms with E-state index in [9.17, 15) is 10.1 Å². The first-order valence-electron chi connectivity index (χ1n) is 4.31. The Labute approximate surface area is 92.8 Å². The van der Waals surface area contributed by atoms with E-state index in [1.807, 2.05) is 13.0 Å². The number of anilines is 1. The minimum Gasteiger partial charge on any atom is -0.347 e. The molecule has 0 aromatic heterocycles. The normalized spacial score (nSPS) is 10.2. The maximum atomic E-state index is 10.4. The topological polar surface area (TPSA) is 55.2 Å². The molecule has 0 saturated heterocycles. The Bertz CT molecular complexity index is 398. The third-order valence-electron chi connectivity index (χ3n) is 1.66. The molecule has 1 rings (SSSR count). The van der Waals surface area contributed by atoms with Crippen LogP contribution in [0.2, 0.25) is 0 Å². The SMILES string of the molecule is CC=CC(=S)Nc1ccc([N+](=O)[O-])cc1. The van der Waals surface area contributed by atoms with E-state index in [2.05, 4.69) is 5.32 Å². The molecule has 78 valence electrons. The summed E-state index contributed by atoms with van der Waals surface area (Å²) in [6.07, 6.45) is 3.57. The minimum atomic E-state index is -0.436. The van der Waals surface area contributed by atoms with Gasteiger partial charge in [0.1, 0.15) is 4.99 Å². The van der Waals surface area contributed by atoms with Crippen molar-refractivity contribution in [2.24, 2.45) is 0 Å². The second-order valence-corrected chi connectivity index (χ2v) is 3.23. The van der Waals surface area contributed by atoms with E-state index >= 15 is 0 Å². The molecule has 1 N–H and O–H groups in total. The van der Waals surface area contributed by atoms with Crippen molar-refractivity contribution in [2.45, 2.75) is 6.92 Å². The van der Waals surface area contributed by atoms with Crippen LogP contribution in [0.4, 0.5) is 11.4 Å². The van der Waals surface area contributed by atoms with Gasteiger partial charge in [-0.2, -0.15) is 0 Å². The zero-order valence-corrected chi connectivity index (χ0v) is 8.95. The van der Waals surface area contributed by atoms with Crippen molar-refractivity contribution in [2.75, 3.05) is 5.32 Å². The largest absolute Gasteiger partial charge is 0.347 e. The van der Waals surface area contributed by atoms with E-state index in [1.165, 1.54) is 12.1 Å². The molecule has 0 aliphatic heterocycles. The summed E-state index contributed by atoms with van der Waals surface area (Å²) in [4.78, 5) is 10.5. The molecule has 4 nitrogen and oxygen atoms in total. The summed E-state index contributed by atoms with van der Waals surface area (Å²) in [5, 5.41) is 13.3. The first-order chi connectivity index (χ1) is 7.13. The van der Waals surface area contributed by atoms with Crippen LogP contribution in [0.3, 0.4) is 0 Å². The van der Waals surface area contributed by atoms with Crippen molar-refractivity contribution >= 4 is 28.6 Å². The van der Waals surface area contributed by atoms with Crippen LogP contribution in [0.15, 0.2) is 36.4 Å². The van der Waals surface area contributed by atoms with E-state index in [-0.39, 0.29) is 5.69 Å². The number of nitrogens with one attached hydrogen (secondary N) is 1. The highest BCUT2D eigenvalue weighted by atomic mass is 32.1. The third-order valence-corrected chi connectivity index (χ3v) is 1.90. The summed E-state index contributed by atoms with van der Waals surface area (Å²) in [6.45, 7) is 1.86. The molecule has 0 spiro atoms. The highest BCUT2D eigenvalue weighted by Gasteiger charge is 2.03. The Morgan fingerprint density at radius 1 is 1.47 bits per heavy atom. The fourth-order valence-corrected chi connectivity index (χ4v) is 1.26. The summed E-state index contributed by atoms with van der Waals surface area (Å²) in [5.74, 6) is 0. The number of hydrogen-bond acceptors (Lipinski definition) is 3. The number of thiocarbonyl (C=S) groups is 1. The maximum absolute atomic E-state index is 10.4. The molecule has 15 heavy (non-hydrogen) atoms. The van der Waals surface area contributed by atoms with E-state index in [4.69, 9.17) is 12.2 Å². The second-order valence-electron chi connectivity index (χ2n) is 2.79. The molecule has 0 aliphatic carbocycles. The van der Waals surface area contributed by atoms with Gasteiger partial charge in [0, 0.05) is 17.8 Å². The number of non-ortho nitro benzene ring substituents is 1. The predicted molar refractivity (Wildman–Crippen MR) is 64.1 cm³/mol. The fourth-order valence-electron chi connectivity index (χ4n) is 1.00. The van der Waals surface area contributed by atoms with Crippen LogP contribution in [0, 0.1) is 10.1 Å². The Kier molecular flexibility index (Phi) is 3.93. The van der Waals surface area contributed by atoms with Gasteiger partial charge >= 0.3 is 0 Å². The van der Waals surface area contributed by atoms with Gasteiger partial charge in [0.25, 0.3) is 5.69 Å². The Morgan fingerprint density at radius 3 is 2.53 bits per heavy atom. The molecular formula is C10H10N2O2S. The van der Waals surface area contributed by atoms with Gasteiger partial charge in [-0.1, -0.05) is 18.3 Å². The lowest BCUT2D eigenvalue weighted by atomic mass is 10.3. The first-order valence-corrected chi connectivity index (χ1v) is 4.72. The monoisotopic (exact) mass is 222 g/mol. The Balaban J connectivity index is 2.72. The molecule has 1 aromatic rings. The average molecular weight is 222 g/mol. The average Bonchev–Trinajstić information content (AvgIpc) is 2.18. The summed E-state index contributed by atoms with van der Waals surface area (Å²) >= 11 is 4.99. The number of nitro benzene ring substituents is 1. The molecule has 0 heterocycles. The lowest BCUT2D eigenvalue weighted by Gasteiger charge is -2.02. The molecule has 0 bridgehead atoms. The molecule has 5 heteroatoms. The standard InChI is InChI=1S/C10H10N2O2S/c1-2-3-10(15)11-8-4-6-9(7-5-8)12(13)14/h2-7H,1H3,(H,11,15). The maximum Gasteiger partial charge on any atom is 0.269 e. The van der Waals surface area contributed by atoms with E-state index in [1.54, 1.807) is 18.2 Å². The number of rotatable bonds is 3. The van der Waals surface area contributed by atoms with Crippen molar-refractivity contribution in [1.82, 2.24) is 0 Å². The molecule has 0 radical (unpaired) electrons. The zero-order chi connectivity index (χ0) is 11.3. The predicted octanol–water partition coefficient (Wildman–Crippen LogP) is 2.91. The van der Waals surface area contributed by atoms with E-state index in [0.717, 1.165) is 5.69 Å². The van der Waals surface area contributed by atoms with Crippen LogP contribution in [0.1, 0.15) is 6.92 Å². The molecule has 1 aromatic carbocycles.